The first kappa shape index (κ1) is 17.5. The first-order valence-corrected chi connectivity index (χ1v) is 7.32. The summed E-state index contributed by atoms with van der Waals surface area (Å²) in [5.41, 5.74) is 0.164. The van der Waals surface area contributed by atoms with Gasteiger partial charge in [0.1, 0.15) is 0 Å². The van der Waals surface area contributed by atoms with Crippen LogP contribution < -0.4 is 5.32 Å². The fourth-order valence-corrected chi connectivity index (χ4v) is 1.89. The Hall–Kier alpha value is -1.59. The maximum atomic E-state index is 11.7. The minimum Gasteiger partial charge on any atom is -0.319 e. The quantitative estimate of drug-likeness (QED) is 0.792. The maximum absolute atomic E-state index is 11.7. The highest BCUT2D eigenvalue weighted by Crippen LogP contribution is 2.29. The lowest BCUT2D eigenvalue weighted by molar-refractivity contribution is -0.171. The third-order valence-corrected chi connectivity index (χ3v) is 3.44. The van der Waals surface area contributed by atoms with Gasteiger partial charge in [0, 0.05) is 19.4 Å². The number of hydrogen-bond donors (Lipinski definition) is 1. The molecule has 0 spiro atoms. The third kappa shape index (κ3) is 6.14. The molecule has 21 heavy (non-hydrogen) atoms. The van der Waals surface area contributed by atoms with Crippen LogP contribution >= 0.6 is 0 Å². The van der Waals surface area contributed by atoms with Crippen molar-refractivity contribution in [3.63, 3.8) is 0 Å². The summed E-state index contributed by atoms with van der Waals surface area (Å²) < 4.78 is 0. The average Bonchev–Trinajstić information content (AvgIpc) is 2.65. The highest BCUT2D eigenvalue weighted by molar-refractivity contribution is 6.01. The number of carbonyl (C=O) groups is 3. The molecule has 0 saturated carbocycles. The maximum Gasteiger partial charge on any atom is 0.432 e. The van der Waals surface area contributed by atoms with Crippen LogP contribution in [-0.2, 0) is 14.4 Å². The van der Waals surface area contributed by atoms with Crippen molar-refractivity contribution < 1.29 is 19.2 Å². The van der Waals surface area contributed by atoms with E-state index in [1.54, 1.807) is 0 Å². The molecular weight excluding hydrogens is 272 g/mol. The number of nitrogens with one attached hydrogen (secondary N) is 1. The van der Waals surface area contributed by atoms with Gasteiger partial charge in [0.05, 0.1) is 0 Å². The van der Waals surface area contributed by atoms with Gasteiger partial charge in [-0.2, -0.15) is 0 Å². The van der Waals surface area contributed by atoms with E-state index in [9.17, 15) is 14.4 Å². The van der Waals surface area contributed by atoms with Crippen molar-refractivity contribution in [2.75, 3.05) is 6.54 Å². The van der Waals surface area contributed by atoms with Gasteiger partial charge < -0.3 is 10.2 Å². The van der Waals surface area contributed by atoms with Gasteiger partial charge in [0.2, 0.25) is 0 Å². The molecule has 0 atom stereocenters. The van der Waals surface area contributed by atoms with Crippen LogP contribution in [0.3, 0.4) is 0 Å². The summed E-state index contributed by atoms with van der Waals surface area (Å²) >= 11 is 0. The number of amides is 3. The fourth-order valence-electron chi connectivity index (χ4n) is 1.89. The summed E-state index contributed by atoms with van der Waals surface area (Å²) in [5.74, 6) is -0.940. The van der Waals surface area contributed by atoms with E-state index in [2.05, 4.69) is 39.9 Å². The number of nitrogens with zero attached hydrogens (tertiary/aromatic N) is 1. The second-order valence-corrected chi connectivity index (χ2v) is 7.54. The molecule has 1 aliphatic heterocycles. The summed E-state index contributed by atoms with van der Waals surface area (Å²) in [4.78, 5) is 39.1. The monoisotopic (exact) mass is 298 g/mol. The van der Waals surface area contributed by atoms with Crippen molar-refractivity contribution in [1.29, 1.82) is 0 Å². The Balaban J connectivity index is 2.38. The van der Waals surface area contributed by atoms with Gasteiger partial charge in [-0.3, -0.25) is 9.59 Å². The molecule has 1 rings (SSSR count). The van der Waals surface area contributed by atoms with Gasteiger partial charge >= 0.3 is 6.09 Å². The number of rotatable bonds is 5. The topological polar surface area (TPSA) is 75.7 Å². The summed E-state index contributed by atoms with van der Waals surface area (Å²) in [6.07, 6.45) is 1.44. The molecule has 1 heterocycles. The Morgan fingerprint density at radius 3 is 2.10 bits per heavy atom. The molecule has 1 N–H and O–H groups in total. The zero-order valence-corrected chi connectivity index (χ0v) is 13.6. The van der Waals surface area contributed by atoms with Crippen LogP contribution in [0.25, 0.3) is 0 Å². The molecule has 0 radical (unpaired) electrons. The second-order valence-electron chi connectivity index (χ2n) is 7.54. The van der Waals surface area contributed by atoms with E-state index in [-0.39, 0.29) is 23.7 Å². The lowest BCUT2D eigenvalue weighted by atomic mass is 9.80. The Morgan fingerprint density at radius 1 is 1.10 bits per heavy atom. The van der Waals surface area contributed by atoms with E-state index in [1.165, 1.54) is 0 Å². The normalized spacial score (nSPS) is 16.3. The molecular formula is C15H26N2O4. The minimum atomic E-state index is -0.762. The Morgan fingerprint density at radius 2 is 1.62 bits per heavy atom. The predicted molar refractivity (Wildman–Crippen MR) is 78.0 cm³/mol. The molecule has 0 bridgehead atoms. The van der Waals surface area contributed by atoms with Crippen molar-refractivity contribution in [1.82, 2.24) is 10.4 Å². The van der Waals surface area contributed by atoms with Crippen LogP contribution in [0.4, 0.5) is 4.79 Å². The smallest absolute Gasteiger partial charge is 0.319 e. The van der Waals surface area contributed by atoms with E-state index < -0.39 is 17.9 Å². The Labute approximate surface area is 126 Å². The highest BCUT2D eigenvalue weighted by Gasteiger charge is 2.33. The van der Waals surface area contributed by atoms with E-state index in [0.717, 1.165) is 12.8 Å². The predicted octanol–water partition coefficient (Wildman–Crippen LogP) is 2.63. The third-order valence-electron chi connectivity index (χ3n) is 3.44. The zero-order chi connectivity index (χ0) is 16.3. The van der Waals surface area contributed by atoms with Gasteiger partial charge in [-0.05, 0) is 23.7 Å². The summed E-state index contributed by atoms with van der Waals surface area (Å²) in [6.45, 7) is 11.1. The summed E-state index contributed by atoms with van der Waals surface area (Å²) in [7, 11) is 0. The highest BCUT2D eigenvalue weighted by atomic mass is 16.7. The lowest BCUT2D eigenvalue weighted by Crippen LogP contribution is -2.40. The van der Waals surface area contributed by atoms with E-state index >= 15 is 0 Å². The van der Waals surface area contributed by atoms with Crippen molar-refractivity contribution in [3.8, 4) is 0 Å². The second kappa shape index (κ2) is 6.45. The molecule has 0 aromatic heterocycles. The van der Waals surface area contributed by atoms with Gasteiger partial charge in [-0.15, -0.1) is 5.06 Å². The first-order chi connectivity index (χ1) is 9.50. The van der Waals surface area contributed by atoms with E-state index in [4.69, 9.17) is 4.84 Å². The molecule has 1 aliphatic rings. The molecule has 120 valence electrons. The molecule has 0 aliphatic carbocycles. The molecule has 3 amide bonds. The van der Waals surface area contributed by atoms with Crippen LogP contribution in [0.2, 0.25) is 0 Å². The molecule has 6 heteroatoms. The number of hydrogen-bond acceptors (Lipinski definition) is 4. The van der Waals surface area contributed by atoms with Crippen molar-refractivity contribution in [3.05, 3.63) is 0 Å². The molecule has 1 fully saturated rings. The summed E-state index contributed by atoms with van der Waals surface area (Å²) in [5, 5.41) is 3.17. The largest absolute Gasteiger partial charge is 0.432 e. The standard InChI is InChI=1S/C15H26N2O4/c1-14(2,3)8-9-15(4,5)10-16-13(20)21-17-11(18)6-7-12(17)19/h6-10H2,1-5H3,(H,16,20). The number of imide groups is 1. The first-order valence-electron chi connectivity index (χ1n) is 7.32. The van der Waals surface area contributed by atoms with Gasteiger partial charge in [-0.1, -0.05) is 34.6 Å². The van der Waals surface area contributed by atoms with Crippen LogP contribution in [0, 0.1) is 10.8 Å². The van der Waals surface area contributed by atoms with Crippen LogP contribution in [0.5, 0.6) is 0 Å². The molecule has 0 unspecified atom stereocenters. The SMILES string of the molecule is CC(C)(C)CCC(C)(C)CNC(=O)ON1C(=O)CCC1=O. The van der Waals surface area contributed by atoms with Gasteiger partial charge in [0.15, 0.2) is 0 Å². The Bertz CT molecular complexity index is 408. The van der Waals surface area contributed by atoms with Crippen molar-refractivity contribution >= 4 is 17.9 Å². The van der Waals surface area contributed by atoms with Crippen molar-refractivity contribution in [2.24, 2.45) is 10.8 Å². The fraction of sp³-hybridized carbons (Fsp3) is 0.800. The molecule has 0 aromatic rings. The molecule has 0 aromatic carbocycles. The molecule has 6 nitrogen and oxygen atoms in total. The zero-order valence-electron chi connectivity index (χ0n) is 13.6. The van der Waals surface area contributed by atoms with Crippen LogP contribution in [0.15, 0.2) is 0 Å². The minimum absolute atomic E-state index is 0.0780. The lowest BCUT2D eigenvalue weighted by Gasteiger charge is -2.29. The molecule has 1 saturated heterocycles. The van der Waals surface area contributed by atoms with Crippen LogP contribution in [0.1, 0.15) is 60.3 Å². The van der Waals surface area contributed by atoms with Gasteiger partial charge in [-0.25, -0.2) is 4.79 Å². The number of hydroxylamine groups is 2. The van der Waals surface area contributed by atoms with Gasteiger partial charge in [0.25, 0.3) is 11.8 Å². The van der Waals surface area contributed by atoms with E-state index in [0.29, 0.717) is 11.6 Å². The van der Waals surface area contributed by atoms with Crippen molar-refractivity contribution in [2.45, 2.75) is 60.3 Å². The van der Waals surface area contributed by atoms with Crippen LogP contribution in [-0.4, -0.2) is 29.5 Å². The Kier molecular flexibility index (Phi) is 5.36. The average molecular weight is 298 g/mol. The number of carbonyl (C=O) groups excluding carboxylic acids is 3. The van der Waals surface area contributed by atoms with E-state index in [1.807, 2.05) is 0 Å². The summed E-state index contributed by atoms with van der Waals surface area (Å²) in [6, 6.07) is 0.